The number of fused-ring (bicyclic) bond motifs is 3. The molecule has 55 heavy (non-hydrogen) atoms. The topological polar surface area (TPSA) is 143 Å². The Hall–Kier alpha value is -4.87. The molecule has 1 saturated carbocycles. The summed E-state index contributed by atoms with van der Waals surface area (Å²) in [6.45, 7) is 7.36. The molecule has 4 N–H and O–H groups in total. The number of nitrogens with one attached hydrogen (secondary N) is 3. The van der Waals surface area contributed by atoms with E-state index in [0.717, 1.165) is 40.7 Å². The third-order valence-corrected chi connectivity index (χ3v) is 11.5. The Morgan fingerprint density at radius 2 is 1.53 bits per heavy atom. The predicted octanol–water partition coefficient (Wildman–Crippen LogP) is 6.83. The van der Waals surface area contributed by atoms with Crippen LogP contribution in [0.3, 0.4) is 0 Å². The minimum atomic E-state index is -1.01. The first-order valence-corrected chi connectivity index (χ1v) is 20.2. The number of benzene rings is 3. The Morgan fingerprint density at radius 3 is 2.16 bits per heavy atom. The number of alkyl carbamates (subject to hydrolysis) is 1. The summed E-state index contributed by atoms with van der Waals surface area (Å²) in [4.78, 5) is 53.5. The van der Waals surface area contributed by atoms with Crippen molar-refractivity contribution in [2.24, 2.45) is 5.92 Å². The Morgan fingerprint density at radius 1 is 0.873 bits per heavy atom. The zero-order valence-electron chi connectivity index (χ0n) is 31.4. The van der Waals surface area contributed by atoms with Crippen molar-refractivity contribution in [1.82, 2.24) is 16.0 Å². The molecule has 0 aliphatic heterocycles. The van der Waals surface area contributed by atoms with Gasteiger partial charge in [0.1, 0.15) is 19.3 Å². The molecule has 292 valence electrons. The first kappa shape index (κ1) is 41.3. The fraction of sp³-hybridized carbons (Fsp3) is 0.409. The van der Waals surface area contributed by atoms with Gasteiger partial charge in [0.25, 0.3) is 0 Å². The second kappa shape index (κ2) is 20.7. The van der Waals surface area contributed by atoms with E-state index in [0.29, 0.717) is 30.8 Å². The SMILES string of the molecule is C=CCC[C@H](NC(=O)OCC1c2ccccc2-c2ccccc21)C(=O)OC[C@H](CSCc1ccccc1)NC(=O)[C@H](CC=C)CC(=O)NC1(CO)CCCC1. The molecule has 2 aliphatic rings. The van der Waals surface area contributed by atoms with E-state index in [-0.39, 0.29) is 56.8 Å². The lowest BCUT2D eigenvalue weighted by Crippen LogP contribution is -2.51. The van der Waals surface area contributed by atoms with Crippen LogP contribution in [0, 0.1) is 5.92 Å². The second-order valence-corrected chi connectivity index (χ2v) is 15.4. The van der Waals surface area contributed by atoms with Gasteiger partial charge in [-0.3, -0.25) is 9.59 Å². The summed E-state index contributed by atoms with van der Waals surface area (Å²) in [6.07, 6.45) is 6.66. The van der Waals surface area contributed by atoms with Crippen LogP contribution < -0.4 is 16.0 Å². The highest BCUT2D eigenvalue weighted by molar-refractivity contribution is 7.98. The number of carbonyl (C=O) groups excluding carboxylic acids is 4. The van der Waals surface area contributed by atoms with Crippen molar-refractivity contribution in [2.45, 2.75) is 80.7 Å². The van der Waals surface area contributed by atoms with Crippen molar-refractivity contribution in [1.29, 1.82) is 0 Å². The number of hydrogen-bond donors (Lipinski definition) is 4. The molecule has 0 heterocycles. The molecule has 3 aromatic rings. The number of amides is 3. The van der Waals surface area contributed by atoms with Crippen LogP contribution in [0.4, 0.5) is 4.79 Å². The van der Waals surface area contributed by atoms with E-state index in [1.807, 2.05) is 66.7 Å². The molecule has 3 aromatic carbocycles. The van der Waals surface area contributed by atoms with E-state index in [4.69, 9.17) is 9.47 Å². The van der Waals surface area contributed by atoms with E-state index < -0.39 is 35.6 Å². The number of carbonyl (C=O) groups is 4. The molecule has 0 bridgehead atoms. The minimum Gasteiger partial charge on any atom is -0.462 e. The summed E-state index contributed by atoms with van der Waals surface area (Å²) < 4.78 is 11.5. The van der Waals surface area contributed by atoms with Gasteiger partial charge in [0, 0.05) is 23.8 Å². The van der Waals surface area contributed by atoms with Gasteiger partial charge < -0.3 is 30.5 Å². The Bertz CT molecular complexity index is 1730. The summed E-state index contributed by atoms with van der Waals surface area (Å²) >= 11 is 1.58. The summed E-state index contributed by atoms with van der Waals surface area (Å²) in [5.41, 5.74) is 4.85. The lowest BCUT2D eigenvalue weighted by atomic mass is 9.95. The largest absolute Gasteiger partial charge is 0.462 e. The molecule has 0 saturated heterocycles. The molecule has 3 atom stereocenters. The van der Waals surface area contributed by atoms with Crippen LogP contribution in [0.25, 0.3) is 11.1 Å². The molecular weight excluding hydrogens is 715 g/mol. The van der Waals surface area contributed by atoms with E-state index in [1.165, 1.54) is 0 Å². The van der Waals surface area contributed by atoms with Crippen LogP contribution in [0.5, 0.6) is 0 Å². The maximum Gasteiger partial charge on any atom is 0.407 e. The highest BCUT2D eigenvalue weighted by Crippen LogP contribution is 2.44. The standard InChI is InChI=1S/C44H53N3O7S/c1-3-5-22-39(46-43(52)54-27-38-36-20-11-9-18-34(36)35-19-10-12-21-37(35)38)42(51)53-26-33(29-55-28-31-16-7-6-8-17-31)45-41(50)32(15-4-2)25-40(49)47-44(30-48)23-13-14-24-44/h3-4,6-12,16-21,32-33,38-39,48H,1-2,5,13-15,22-30H2,(H,45,50)(H,46,52)(H,47,49)/t32-,33-,39+/m1/s1. The Labute approximate surface area is 328 Å². The average Bonchev–Trinajstić information content (AvgIpc) is 3.80. The first-order valence-electron chi connectivity index (χ1n) is 19.1. The summed E-state index contributed by atoms with van der Waals surface area (Å²) in [5, 5.41) is 18.7. The number of aliphatic hydroxyl groups excluding tert-OH is 1. The molecule has 1 fully saturated rings. The number of allylic oxidation sites excluding steroid dienone is 2. The van der Waals surface area contributed by atoms with Crippen molar-refractivity contribution >= 4 is 35.6 Å². The summed E-state index contributed by atoms with van der Waals surface area (Å²) in [6, 6.07) is 24.4. The highest BCUT2D eigenvalue weighted by Gasteiger charge is 2.36. The lowest BCUT2D eigenvalue weighted by molar-refractivity contribution is -0.147. The van der Waals surface area contributed by atoms with E-state index in [9.17, 15) is 24.3 Å². The smallest absolute Gasteiger partial charge is 0.407 e. The fourth-order valence-corrected chi connectivity index (χ4v) is 8.38. The van der Waals surface area contributed by atoms with Crippen molar-refractivity contribution in [3.63, 3.8) is 0 Å². The second-order valence-electron chi connectivity index (χ2n) is 14.3. The molecule has 10 nitrogen and oxygen atoms in total. The van der Waals surface area contributed by atoms with Crippen LogP contribution in [-0.2, 0) is 29.6 Å². The first-order chi connectivity index (χ1) is 26.8. The molecule has 3 amide bonds. The average molecular weight is 768 g/mol. The molecule has 2 aliphatic carbocycles. The van der Waals surface area contributed by atoms with Gasteiger partial charge in [-0.25, -0.2) is 9.59 Å². The van der Waals surface area contributed by atoms with E-state index in [2.05, 4.69) is 41.2 Å². The number of esters is 1. The van der Waals surface area contributed by atoms with Gasteiger partial charge in [-0.05, 0) is 59.9 Å². The number of ether oxygens (including phenoxy) is 2. The van der Waals surface area contributed by atoms with Crippen LogP contribution in [0.1, 0.15) is 74.0 Å². The quantitative estimate of drug-likeness (QED) is 0.0683. The third-order valence-electron chi connectivity index (χ3n) is 10.3. The van der Waals surface area contributed by atoms with Gasteiger partial charge >= 0.3 is 12.1 Å². The Kier molecular flexibility index (Phi) is 15.6. The number of hydrogen-bond acceptors (Lipinski definition) is 8. The maximum absolute atomic E-state index is 13.7. The van der Waals surface area contributed by atoms with Crippen molar-refractivity contribution in [2.75, 3.05) is 25.6 Å². The van der Waals surface area contributed by atoms with Gasteiger partial charge in [-0.15, -0.1) is 13.2 Å². The zero-order chi connectivity index (χ0) is 39.0. The molecule has 0 spiro atoms. The molecule has 0 aromatic heterocycles. The number of rotatable bonds is 21. The van der Waals surface area contributed by atoms with E-state index >= 15 is 0 Å². The van der Waals surface area contributed by atoms with E-state index in [1.54, 1.807) is 23.9 Å². The van der Waals surface area contributed by atoms with Crippen LogP contribution in [0.15, 0.2) is 104 Å². The zero-order valence-corrected chi connectivity index (χ0v) is 32.2. The molecule has 11 heteroatoms. The highest BCUT2D eigenvalue weighted by atomic mass is 32.2. The Balaban J connectivity index is 1.20. The monoisotopic (exact) mass is 767 g/mol. The van der Waals surface area contributed by atoms with Gasteiger partial charge in [0.05, 0.1) is 24.1 Å². The van der Waals surface area contributed by atoms with Crippen molar-refractivity contribution in [3.8, 4) is 11.1 Å². The minimum absolute atomic E-state index is 0.0725. The van der Waals surface area contributed by atoms with Gasteiger partial charge in [-0.2, -0.15) is 11.8 Å². The van der Waals surface area contributed by atoms with Gasteiger partial charge in [0.2, 0.25) is 11.8 Å². The lowest BCUT2D eigenvalue weighted by Gasteiger charge is -2.29. The fourth-order valence-electron chi connectivity index (χ4n) is 7.37. The van der Waals surface area contributed by atoms with Crippen LogP contribution in [-0.4, -0.2) is 72.2 Å². The summed E-state index contributed by atoms with van der Waals surface area (Å²) in [5.74, 6) is -1.06. The van der Waals surface area contributed by atoms with Crippen molar-refractivity contribution < 1.29 is 33.8 Å². The normalized spacial score (nSPS) is 15.7. The van der Waals surface area contributed by atoms with Crippen LogP contribution in [0.2, 0.25) is 0 Å². The molecule has 0 unspecified atom stereocenters. The number of thioether (sulfide) groups is 1. The third kappa shape index (κ3) is 11.6. The van der Waals surface area contributed by atoms with Crippen molar-refractivity contribution in [3.05, 3.63) is 121 Å². The van der Waals surface area contributed by atoms with Crippen LogP contribution >= 0.6 is 11.8 Å². The molecular formula is C44H53N3O7S. The molecule has 5 rings (SSSR count). The van der Waals surface area contributed by atoms with Gasteiger partial charge in [0.15, 0.2) is 0 Å². The molecule has 0 radical (unpaired) electrons. The van der Waals surface area contributed by atoms with Gasteiger partial charge in [-0.1, -0.05) is 104 Å². The predicted molar refractivity (Wildman–Crippen MR) is 216 cm³/mol. The number of aliphatic hydroxyl groups is 1. The summed E-state index contributed by atoms with van der Waals surface area (Å²) in [7, 11) is 0. The maximum atomic E-state index is 13.7.